The lowest BCUT2D eigenvalue weighted by molar-refractivity contribution is -0.154. The minimum atomic E-state index is -1.01. The molecule has 0 saturated carbocycles. The van der Waals surface area contributed by atoms with Crippen LogP contribution < -0.4 is 15.4 Å². The number of carbonyl (C=O) groups is 3. The van der Waals surface area contributed by atoms with Gasteiger partial charge in [0.25, 0.3) is 0 Å². The minimum Gasteiger partial charge on any atom is -0.494 e. The summed E-state index contributed by atoms with van der Waals surface area (Å²) in [6, 6.07) is 23.6. The first-order valence-corrected chi connectivity index (χ1v) is 23.0. The van der Waals surface area contributed by atoms with Gasteiger partial charge in [0.2, 0.25) is 5.91 Å². The lowest BCUT2D eigenvalue weighted by Crippen LogP contribution is -2.49. The number of benzene rings is 3. The number of hydrogen-bond acceptors (Lipinski definition) is 8. The van der Waals surface area contributed by atoms with Crippen LogP contribution in [0.25, 0.3) is 22.5 Å². The molecule has 1 heterocycles. The van der Waals surface area contributed by atoms with E-state index in [2.05, 4.69) is 55.2 Å². The molecule has 0 aliphatic carbocycles. The van der Waals surface area contributed by atoms with Gasteiger partial charge in [0.1, 0.15) is 30.5 Å². The van der Waals surface area contributed by atoms with E-state index in [1.807, 2.05) is 120 Å². The molecule has 0 spiro atoms. The van der Waals surface area contributed by atoms with Crippen molar-refractivity contribution in [3.8, 4) is 28.3 Å². The number of esters is 1. The summed E-state index contributed by atoms with van der Waals surface area (Å²) in [5, 5.41) is 5.21. The first-order valence-electron chi connectivity index (χ1n) is 23.0. The van der Waals surface area contributed by atoms with Gasteiger partial charge in [-0.2, -0.15) is 0 Å². The quantitative estimate of drug-likeness (QED) is 0.0793. The van der Waals surface area contributed by atoms with Crippen molar-refractivity contribution in [3.63, 3.8) is 0 Å². The molecule has 0 aliphatic rings. The minimum absolute atomic E-state index is 0.0470. The second-order valence-corrected chi connectivity index (χ2v) is 14.5. The van der Waals surface area contributed by atoms with Crippen molar-refractivity contribution in [2.24, 2.45) is 0 Å². The molecule has 2 N–H and O–H groups in total. The van der Waals surface area contributed by atoms with Crippen molar-refractivity contribution in [3.05, 3.63) is 102 Å². The molecule has 4 aromatic rings. The molecular weight excluding hydrogens is 777 g/mol. The molecule has 0 aliphatic heterocycles. The lowest BCUT2D eigenvalue weighted by atomic mass is 10.0. The molecule has 3 aromatic carbocycles. The summed E-state index contributed by atoms with van der Waals surface area (Å²) in [5.41, 5.74) is 3.57. The van der Waals surface area contributed by atoms with Crippen LogP contribution in [0.1, 0.15) is 153 Å². The Balaban J connectivity index is 0. The van der Waals surface area contributed by atoms with Crippen LogP contribution in [0.4, 0.5) is 4.79 Å². The zero-order valence-electron chi connectivity index (χ0n) is 40.9. The molecule has 10 heteroatoms. The Kier molecular flexibility index (Phi) is 35.6. The van der Waals surface area contributed by atoms with Gasteiger partial charge in [0.15, 0.2) is 5.82 Å². The van der Waals surface area contributed by atoms with Crippen LogP contribution in [-0.2, 0) is 32.1 Å². The second kappa shape index (κ2) is 37.5. The van der Waals surface area contributed by atoms with Crippen molar-refractivity contribution >= 4 is 18.0 Å². The van der Waals surface area contributed by atoms with Crippen molar-refractivity contribution in [2.75, 3.05) is 13.2 Å². The molecule has 4 rings (SSSR count). The third kappa shape index (κ3) is 27.6. The van der Waals surface area contributed by atoms with E-state index < -0.39 is 29.6 Å². The van der Waals surface area contributed by atoms with Gasteiger partial charge < -0.3 is 24.8 Å². The maximum Gasteiger partial charge on any atom is 0.408 e. The van der Waals surface area contributed by atoms with E-state index >= 15 is 0 Å². The Morgan fingerprint density at radius 3 is 1.71 bits per heavy atom. The molecule has 346 valence electrons. The average molecular weight is 859 g/mol. The van der Waals surface area contributed by atoms with E-state index in [9.17, 15) is 14.4 Å². The first-order chi connectivity index (χ1) is 29.9. The monoisotopic (exact) mass is 859 g/mol. The Bertz CT molecular complexity index is 1670. The van der Waals surface area contributed by atoms with Gasteiger partial charge in [-0.3, -0.25) is 9.59 Å². The van der Waals surface area contributed by atoms with Crippen molar-refractivity contribution < 1.29 is 28.6 Å². The van der Waals surface area contributed by atoms with Crippen LogP contribution >= 0.6 is 0 Å². The smallest absolute Gasteiger partial charge is 0.408 e. The normalized spacial score (nSPS) is 10.3. The molecular formula is C52H82N4O6. The average Bonchev–Trinajstić information content (AvgIpc) is 3.29. The largest absolute Gasteiger partial charge is 0.494 e. The fourth-order valence-corrected chi connectivity index (χ4v) is 5.07. The maximum atomic E-state index is 13.2. The number of aromatic nitrogens is 2. The van der Waals surface area contributed by atoms with E-state index in [0.717, 1.165) is 46.6 Å². The molecule has 0 bridgehead atoms. The van der Waals surface area contributed by atoms with Crippen LogP contribution in [0, 0.1) is 0 Å². The van der Waals surface area contributed by atoms with Gasteiger partial charge in [0, 0.05) is 29.9 Å². The molecule has 2 amide bonds. The highest BCUT2D eigenvalue weighted by molar-refractivity contribution is 5.88. The van der Waals surface area contributed by atoms with E-state index in [1.54, 1.807) is 33.2 Å². The zero-order valence-corrected chi connectivity index (χ0v) is 40.9. The molecule has 10 nitrogen and oxygen atoms in total. The van der Waals surface area contributed by atoms with Crippen LogP contribution in [-0.4, -0.2) is 52.7 Å². The van der Waals surface area contributed by atoms with Crippen LogP contribution in [0.15, 0.2) is 91.3 Å². The highest BCUT2D eigenvalue weighted by atomic mass is 16.6. The Labute approximate surface area is 376 Å². The second-order valence-electron chi connectivity index (χ2n) is 14.5. The molecule has 0 fully saturated rings. The number of hydrogen-bond donors (Lipinski definition) is 2. The molecule has 1 unspecified atom stereocenters. The van der Waals surface area contributed by atoms with Gasteiger partial charge in [-0.1, -0.05) is 181 Å². The lowest BCUT2D eigenvalue weighted by Gasteiger charge is -2.21. The Hall–Kier alpha value is -5.25. The fourth-order valence-electron chi connectivity index (χ4n) is 5.07. The summed E-state index contributed by atoms with van der Waals surface area (Å²) in [7, 11) is 0. The van der Waals surface area contributed by atoms with E-state index in [-0.39, 0.29) is 19.6 Å². The van der Waals surface area contributed by atoms with Gasteiger partial charge in [-0.25, -0.2) is 14.8 Å². The topological polar surface area (TPSA) is 129 Å². The summed E-state index contributed by atoms with van der Waals surface area (Å²) in [6.45, 7) is 28.4. The summed E-state index contributed by atoms with van der Waals surface area (Å²) >= 11 is 0. The van der Waals surface area contributed by atoms with Crippen molar-refractivity contribution in [1.29, 1.82) is 0 Å². The summed E-state index contributed by atoms with van der Waals surface area (Å²) < 4.78 is 16.5. The van der Waals surface area contributed by atoms with E-state index in [0.29, 0.717) is 5.82 Å². The molecule has 0 radical (unpaired) electrons. The standard InChI is InChI=1S/C40H48N4O6.2C3H8.3C2H6/c1-5-6-7-8-12-23-48-34-21-19-31(20-22-34)33-25-41-37(42-26-33)32-17-15-29(16-18-32)24-35(38(46)43-27-36(45)50-40(2,3)4)44-39(47)49-28-30-13-10-9-11-14-30;2*1-3-2;3*1-2/h9-11,13-22,25-26,35H,5-8,12,23-24,27-28H2,1-4H3,(H,43,46)(H,44,47);2*3H2,1-2H3;3*1-2H3. The van der Waals surface area contributed by atoms with Gasteiger partial charge >= 0.3 is 12.1 Å². The fraction of sp³-hybridized carbons (Fsp3) is 0.519. The van der Waals surface area contributed by atoms with E-state index in [4.69, 9.17) is 14.2 Å². The number of rotatable bonds is 17. The van der Waals surface area contributed by atoms with E-state index in [1.165, 1.54) is 38.5 Å². The number of ether oxygens (including phenoxy) is 3. The van der Waals surface area contributed by atoms with Crippen LogP contribution in [0.5, 0.6) is 5.75 Å². The van der Waals surface area contributed by atoms with Crippen molar-refractivity contribution in [1.82, 2.24) is 20.6 Å². The number of alkyl carbamates (subject to hydrolysis) is 1. The Morgan fingerprint density at radius 2 is 1.18 bits per heavy atom. The Morgan fingerprint density at radius 1 is 0.645 bits per heavy atom. The predicted molar refractivity (Wildman–Crippen MR) is 259 cm³/mol. The highest BCUT2D eigenvalue weighted by Crippen LogP contribution is 2.24. The third-order valence-electron chi connectivity index (χ3n) is 7.66. The highest BCUT2D eigenvalue weighted by Gasteiger charge is 2.24. The van der Waals surface area contributed by atoms with Gasteiger partial charge in [-0.05, 0) is 56.0 Å². The molecule has 1 aromatic heterocycles. The molecule has 0 saturated heterocycles. The predicted octanol–water partition coefficient (Wildman–Crippen LogP) is 13.4. The van der Waals surface area contributed by atoms with Crippen molar-refractivity contribution in [2.45, 2.75) is 167 Å². The number of nitrogens with one attached hydrogen (secondary N) is 2. The number of carbonyl (C=O) groups excluding carboxylic acids is 3. The number of unbranched alkanes of at least 4 members (excludes halogenated alkanes) is 4. The summed E-state index contributed by atoms with van der Waals surface area (Å²) in [5.74, 6) is 0.278. The summed E-state index contributed by atoms with van der Waals surface area (Å²) in [4.78, 5) is 47.2. The van der Waals surface area contributed by atoms with Gasteiger partial charge in [-0.15, -0.1) is 0 Å². The van der Waals surface area contributed by atoms with Crippen LogP contribution in [0.3, 0.4) is 0 Å². The molecule has 1 atom stereocenters. The number of nitrogens with zero attached hydrogens (tertiary/aromatic N) is 2. The molecule has 62 heavy (non-hydrogen) atoms. The third-order valence-corrected chi connectivity index (χ3v) is 7.66. The van der Waals surface area contributed by atoms with Crippen LogP contribution in [0.2, 0.25) is 0 Å². The maximum absolute atomic E-state index is 13.2. The SMILES string of the molecule is CC.CC.CC.CCC.CCC.CCCCCCCOc1ccc(-c2cnc(-c3ccc(CC(NC(=O)OCc4ccccc4)C(=O)NCC(=O)OC(C)(C)C)cc3)nc2)cc1. The summed E-state index contributed by atoms with van der Waals surface area (Å²) in [6.07, 6.45) is 11.5. The number of amides is 2. The first kappa shape index (κ1) is 58.8. The zero-order chi connectivity index (χ0) is 47.2. The van der Waals surface area contributed by atoms with Gasteiger partial charge in [0.05, 0.1) is 6.61 Å².